The molecule has 0 radical (unpaired) electrons. The molecular formula is C6H12CaO. The van der Waals surface area contributed by atoms with E-state index in [1.807, 2.05) is 20.0 Å². The van der Waals surface area contributed by atoms with Crippen molar-refractivity contribution in [1.29, 1.82) is 0 Å². The molecule has 0 aromatic rings. The maximum absolute atomic E-state index is 8.01. The van der Waals surface area contributed by atoms with Crippen molar-refractivity contribution in [3.8, 4) is 12.0 Å². The Morgan fingerprint density at radius 2 is 2.25 bits per heavy atom. The van der Waals surface area contributed by atoms with Gasteiger partial charge < -0.3 is 7.96 Å². The first-order valence-electron chi connectivity index (χ1n) is 2.45. The van der Waals surface area contributed by atoms with E-state index in [2.05, 4.69) is 5.92 Å². The van der Waals surface area contributed by atoms with Crippen LogP contribution < -0.4 is 0 Å². The van der Waals surface area contributed by atoms with Crippen LogP contribution in [-0.4, -0.2) is 42.8 Å². The molecule has 1 unspecified atom stereocenters. The number of hydrogen-bond acceptors (Lipinski definition) is 1. The van der Waals surface area contributed by atoms with Gasteiger partial charge in [-0.3, -0.25) is 0 Å². The molecular weight excluding hydrogens is 128 g/mol. The molecule has 8 heavy (non-hydrogen) atoms. The van der Waals surface area contributed by atoms with Gasteiger partial charge in [-0.2, -0.15) is 0 Å². The van der Waals surface area contributed by atoms with Crippen LogP contribution in [0.25, 0.3) is 0 Å². The summed E-state index contributed by atoms with van der Waals surface area (Å²) in [6.45, 7) is 4.01. The third kappa shape index (κ3) is 6.62. The summed E-state index contributed by atoms with van der Waals surface area (Å²) in [5.74, 6) is 2.94. The Kier molecular flexibility index (Phi) is 10.9. The van der Waals surface area contributed by atoms with Gasteiger partial charge in [0.1, 0.15) is 6.11 Å². The van der Waals surface area contributed by atoms with Crippen LogP contribution in [0.3, 0.4) is 0 Å². The second kappa shape index (κ2) is 7.62. The monoisotopic (exact) mass is 140 g/mol. The zero-order valence-corrected chi connectivity index (χ0v) is 7.65. The third-order valence-corrected chi connectivity index (χ3v) is 0.923. The quantitative estimate of drug-likeness (QED) is 0.429. The molecule has 0 saturated carbocycles. The summed E-state index contributed by atoms with van der Waals surface area (Å²) in [7, 11) is 0. The summed E-state index contributed by atoms with van der Waals surface area (Å²) in [6, 6.07) is 0. The molecule has 0 saturated heterocycles. The van der Waals surface area contributed by atoms with Crippen LogP contribution in [-0.2, 0) is 0 Å². The molecule has 0 heterocycles. The molecule has 1 N–H and O–H groups in total. The fraction of sp³-hybridized carbons (Fsp3) is 0.667. The zero-order chi connectivity index (χ0) is 5.70. The summed E-state index contributed by atoms with van der Waals surface area (Å²) >= 11 is 0. The van der Waals surface area contributed by atoms with Crippen molar-refractivity contribution in [2.24, 2.45) is 5.92 Å². The largest absolute Gasteiger partial charge is 2.00 e. The summed E-state index contributed by atoms with van der Waals surface area (Å²) in [6.07, 6.45) is 2.88. The van der Waals surface area contributed by atoms with E-state index in [9.17, 15) is 0 Å². The summed E-state index contributed by atoms with van der Waals surface area (Å²) < 4.78 is 0. The van der Waals surface area contributed by atoms with Gasteiger partial charge in [-0.25, -0.2) is 0 Å². The van der Waals surface area contributed by atoms with Gasteiger partial charge in [-0.05, 0) is 6.42 Å². The fourth-order valence-corrected chi connectivity index (χ4v) is 0.212. The molecule has 0 bridgehead atoms. The van der Waals surface area contributed by atoms with Gasteiger partial charge in [-0.1, -0.05) is 19.8 Å². The van der Waals surface area contributed by atoms with Crippen molar-refractivity contribution in [3.63, 3.8) is 0 Å². The molecule has 1 atom stereocenters. The second-order valence-electron chi connectivity index (χ2n) is 1.57. The first kappa shape index (κ1) is 11.4. The molecule has 1 nitrogen and oxygen atoms in total. The van der Waals surface area contributed by atoms with E-state index in [0.717, 1.165) is 6.42 Å². The zero-order valence-electron chi connectivity index (χ0n) is 7.44. The Bertz CT molecular complexity index is 97.7. The average Bonchev–Trinajstić information content (AvgIpc) is 1.68. The van der Waals surface area contributed by atoms with Crippen LogP contribution in [0, 0.1) is 17.9 Å². The predicted molar refractivity (Wildman–Crippen MR) is 37.1 cm³/mol. The summed E-state index contributed by atoms with van der Waals surface area (Å²) in [5, 5.41) is 8.01. The number of aliphatic hydroxyl groups is 1. The Morgan fingerprint density at radius 1 is 1.75 bits per heavy atom. The molecule has 0 aliphatic carbocycles. The minimum atomic E-state index is 0. The Labute approximate surface area is 83.4 Å². The van der Waals surface area contributed by atoms with Gasteiger partial charge in [0, 0.05) is 5.92 Å². The first-order valence-corrected chi connectivity index (χ1v) is 2.45. The van der Waals surface area contributed by atoms with Crippen molar-refractivity contribution in [3.05, 3.63) is 0 Å². The van der Waals surface area contributed by atoms with E-state index in [-0.39, 0.29) is 40.6 Å². The molecule has 0 rings (SSSR count). The van der Waals surface area contributed by atoms with E-state index in [1.54, 1.807) is 0 Å². The van der Waals surface area contributed by atoms with Crippen molar-refractivity contribution in [2.45, 2.75) is 20.3 Å². The third-order valence-electron chi connectivity index (χ3n) is 0.923. The number of hydrogen-bond donors (Lipinski definition) is 1. The van der Waals surface area contributed by atoms with Crippen LogP contribution in [0.5, 0.6) is 0 Å². The Hall–Kier alpha value is 0.620. The van der Waals surface area contributed by atoms with Crippen LogP contribution in [0.1, 0.15) is 23.1 Å². The smallest absolute Gasteiger partial charge is 1.00 e. The minimum Gasteiger partial charge on any atom is -1.00 e. The standard InChI is InChI=1S/C6H10O.Ca.2H/c1-3-6(2)4-5-7;;;/h6-7H,3H2,1-2H3;;;/q;+2;2*-1. The van der Waals surface area contributed by atoms with E-state index < -0.39 is 0 Å². The molecule has 0 aromatic carbocycles. The molecule has 44 valence electrons. The topological polar surface area (TPSA) is 20.2 Å². The van der Waals surface area contributed by atoms with E-state index in [0.29, 0.717) is 5.92 Å². The van der Waals surface area contributed by atoms with Crippen LogP contribution in [0.15, 0.2) is 0 Å². The molecule has 2 heteroatoms. The van der Waals surface area contributed by atoms with Gasteiger partial charge in [0.25, 0.3) is 0 Å². The van der Waals surface area contributed by atoms with Gasteiger partial charge in [0.05, 0.1) is 0 Å². The second-order valence-corrected chi connectivity index (χ2v) is 1.57. The van der Waals surface area contributed by atoms with E-state index in [1.165, 1.54) is 0 Å². The summed E-state index contributed by atoms with van der Waals surface area (Å²) in [5.41, 5.74) is 0. The van der Waals surface area contributed by atoms with Crippen molar-refractivity contribution in [1.82, 2.24) is 0 Å². The molecule has 0 amide bonds. The van der Waals surface area contributed by atoms with Gasteiger partial charge >= 0.3 is 37.7 Å². The van der Waals surface area contributed by atoms with E-state index >= 15 is 0 Å². The Balaban J connectivity index is -0.0000000600. The normalized spacial score (nSPS) is 10.2. The van der Waals surface area contributed by atoms with Crippen LogP contribution in [0.4, 0.5) is 0 Å². The van der Waals surface area contributed by atoms with E-state index in [4.69, 9.17) is 5.11 Å². The van der Waals surface area contributed by atoms with Gasteiger partial charge in [-0.15, -0.1) is 0 Å². The number of aliphatic hydroxyl groups excluding tert-OH is 1. The van der Waals surface area contributed by atoms with Gasteiger partial charge in [0.2, 0.25) is 0 Å². The molecule has 0 aliphatic heterocycles. The maximum atomic E-state index is 8.01. The Morgan fingerprint density at radius 3 is 2.38 bits per heavy atom. The SMILES string of the molecule is CCC(C)C#CO.[Ca+2].[H-].[H-]. The summed E-state index contributed by atoms with van der Waals surface area (Å²) in [4.78, 5) is 0. The fourth-order valence-electron chi connectivity index (χ4n) is 0.212. The van der Waals surface area contributed by atoms with Crippen molar-refractivity contribution >= 4 is 37.7 Å². The maximum Gasteiger partial charge on any atom is 2.00 e. The molecule has 0 spiro atoms. The molecule has 0 aliphatic rings. The predicted octanol–water partition coefficient (Wildman–Crippen LogP) is 1.21. The minimum absolute atomic E-state index is 0. The van der Waals surface area contributed by atoms with Crippen LogP contribution >= 0.6 is 0 Å². The van der Waals surface area contributed by atoms with Gasteiger partial charge in [0.15, 0.2) is 0 Å². The molecule has 0 fully saturated rings. The first-order chi connectivity index (χ1) is 3.31. The molecule has 0 aromatic heterocycles. The average molecular weight is 140 g/mol. The van der Waals surface area contributed by atoms with Crippen molar-refractivity contribution in [2.75, 3.05) is 0 Å². The van der Waals surface area contributed by atoms with Crippen molar-refractivity contribution < 1.29 is 7.96 Å². The number of rotatable bonds is 1. The van der Waals surface area contributed by atoms with Crippen LogP contribution in [0.2, 0.25) is 0 Å².